The van der Waals surface area contributed by atoms with Gasteiger partial charge in [0.25, 0.3) is 5.56 Å². The van der Waals surface area contributed by atoms with Crippen molar-refractivity contribution in [1.82, 2.24) is 14.6 Å². The molecule has 0 spiro atoms. The Labute approximate surface area is 138 Å². The highest BCUT2D eigenvalue weighted by atomic mass is 32.1. The van der Waals surface area contributed by atoms with Crippen LogP contribution in [-0.4, -0.2) is 14.6 Å². The maximum absolute atomic E-state index is 12.4. The highest BCUT2D eigenvalue weighted by Crippen LogP contribution is 2.13. The van der Waals surface area contributed by atoms with Crippen molar-refractivity contribution in [2.75, 3.05) is 0 Å². The number of thiophene rings is 1. The van der Waals surface area contributed by atoms with Crippen molar-refractivity contribution in [1.29, 1.82) is 0 Å². The Kier molecular flexibility index (Phi) is 3.44. The summed E-state index contributed by atoms with van der Waals surface area (Å²) in [5, 5.41) is 6.26. The van der Waals surface area contributed by atoms with Crippen molar-refractivity contribution in [3.8, 4) is 0 Å². The fourth-order valence-electron chi connectivity index (χ4n) is 2.12. The molecule has 4 aromatic rings. The normalized spacial score (nSPS) is 12.8. The Bertz CT molecular complexity index is 1100. The Hall–Kier alpha value is -2.51. The van der Waals surface area contributed by atoms with Gasteiger partial charge in [0.2, 0.25) is 4.96 Å². The molecule has 0 radical (unpaired) electrons. The van der Waals surface area contributed by atoms with Crippen LogP contribution in [0.15, 0.2) is 38.9 Å². The highest BCUT2D eigenvalue weighted by Gasteiger charge is 2.09. The van der Waals surface area contributed by atoms with E-state index < -0.39 is 0 Å². The van der Waals surface area contributed by atoms with Crippen molar-refractivity contribution in [3.63, 3.8) is 0 Å². The van der Waals surface area contributed by atoms with Gasteiger partial charge in [0.1, 0.15) is 16.1 Å². The van der Waals surface area contributed by atoms with Crippen LogP contribution in [-0.2, 0) is 0 Å². The SMILES string of the molecule is Cc1ccc(/C=c2\sc3nc(/C=C/c4cccs4)nn3c2=O)o1. The third kappa shape index (κ3) is 2.76. The quantitative estimate of drug-likeness (QED) is 0.575. The first kappa shape index (κ1) is 14.1. The minimum Gasteiger partial charge on any atom is -0.462 e. The van der Waals surface area contributed by atoms with Crippen molar-refractivity contribution in [2.45, 2.75) is 6.92 Å². The number of furan rings is 1. The molecule has 0 aliphatic heterocycles. The van der Waals surface area contributed by atoms with Crippen LogP contribution in [0.4, 0.5) is 0 Å². The molecule has 23 heavy (non-hydrogen) atoms. The van der Waals surface area contributed by atoms with E-state index in [1.54, 1.807) is 17.4 Å². The lowest BCUT2D eigenvalue weighted by Gasteiger charge is -1.83. The zero-order valence-electron chi connectivity index (χ0n) is 12.1. The number of nitrogens with zero attached hydrogens (tertiary/aromatic N) is 3. The van der Waals surface area contributed by atoms with Gasteiger partial charge in [-0.1, -0.05) is 17.4 Å². The molecule has 114 valence electrons. The molecule has 4 rings (SSSR count). The number of thiazole rings is 1. The van der Waals surface area contributed by atoms with E-state index in [1.165, 1.54) is 15.9 Å². The summed E-state index contributed by atoms with van der Waals surface area (Å²) in [7, 11) is 0. The topological polar surface area (TPSA) is 60.4 Å². The lowest BCUT2D eigenvalue weighted by molar-refractivity contribution is 0.525. The first-order valence-electron chi connectivity index (χ1n) is 6.88. The number of rotatable bonds is 3. The fraction of sp³-hybridized carbons (Fsp3) is 0.0625. The maximum Gasteiger partial charge on any atom is 0.291 e. The Morgan fingerprint density at radius 3 is 2.87 bits per heavy atom. The van der Waals surface area contributed by atoms with Gasteiger partial charge >= 0.3 is 0 Å². The van der Waals surface area contributed by atoms with E-state index in [-0.39, 0.29) is 5.56 Å². The number of aryl methyl sites for hydroxylation is 1. The summed E-state index contributed by atoms with van der Waals surface area (Å²) in [6.45, 7) is 1.87. The lowest BCUT2D eigenvalue weighted by atomic mass is 10.4. The zero-order chi connectivity index (χ0) is 15.8. The minimum atomic E-state index is -0.178. The predicted octanol–water partition coefficient (Wildman–Crippen LogP) is 2.83. The number of hydrogen-bond acceptors (Lipinski definition) is 6. The summed E-state index contributed by atoms with van der Waals surface area (Å²) >= 11 is 2.94. The molecule has 0 unspecified atom stereocenters. The van der Waals surface area contributed by atoms with Gasteiger partial charge in [-0.3, -0.25) is 4.79 Å². The number of aromatic nitrogens is 3. The van der Waals surface area contributed by atoms with Crippen molar-refractivity contribution < 1.29 is 4.42 Å². The third-order valence-corrected chi connectivity index (χ3v) is 4.97. The second-order valence-corrected chi connectivity index (χ2v) is 6.87. The summed E-state index contributed by atoms with van der Waals surface area (Å²) in [4.78, 5) is 18.4. The second-order valence-electron chi connectivity index (χ2n) is 4.88. The molecule has 0 aromatic carbocycles. The molecular formula is C16H11N3O2S2. The average Bonchev–Trinajstić information content (AvgIpc) is 3.27. The smallest absolute Gasteiger partial charge is 0.291 e. The Morgan fingerprint density at radius 2 is 2.17 bits per heavy atom. The van der Waals surface area contributed by atoms with E-state index in [2.05, 4.69) is 10.1 Å². The van der Waals surface area contributed by atoms with Gasteiger partial charge in [0.05, 0.1) is 0 Å². The van der Waals surface area contributed by atoms with E-state index in [0.717, 1.165) is 10.6 Å². The van der Waals surface area contributed by atoms with Crippen LogP contribution >= 0.6 is 22.7 Å². The average molecular weight is 341 g/mol. The largest absolute Gasteiger partial charge is 0.462 e. The van der Waals surface area contributed by atoms with Crippen LogP contribution in [0.3, 0.4) is 0 Å². The first-order valence-corrected chi connectivity index (χ1v) is 8.58. The van der Waals surface area contributed by atoms with Crippen molar-refractivity contribution in [3.05, 3.63) is 66.8 Å². The molecule has 0 aliphatic carbocycles. The van der Waals surface area contributed by atoms with Gasteiger partial charge < -0.3 is 4.42 Å². The highest BCUT2D eigenvalue weighted by molar-refractivity contribution is 7.15. The molecule has 0 atom stereocenters. The number of hydrogen-bond donors (Lipinski definition) is 0. The summed E-state index contributed by atoms with van der Waals surface area (Å²) in [5.74, 6) is 1.99. The van der Waals surface area contributed by atoms with Crippen LogP contribution in [0.5, 0.6) is 0 Å². The van der Waals surface area contributed by atoms with Gasteiger partial charge in [-0.05, 0) is 42.7 Å². The summed E-state index contributed by atoms with van der Waals surface area (Å²) in [5.41, 5.74) is -0.178. The van der Waals surface area contributed by atoms with Gasteiger partial charge in [-0.25, -0.2) is 0 Å². The summed E-state index contributed by atoms with van der Waals surface area (Å²) < 4.78 is 7.36. The molecule has 4 aromatic heterocycles. The minimum absolute atomic E-state index is 0.178. The van der Waals surface area contributed by atoms with Crippen molar-refractivity contribution >= 4 is 45.9 Å². The molecule has 0 fully saturated rings. The van der Waals surface area contributed by atoms with Gasteiger partial charge in [0.15, 0.2) is 5.82 Å². The molecular weight excluding hydrogens is 330 g/mol. The van der Waals surface area contributed by atoms with Crippen LogP contribution in [0.2, 0.25) is 0 Å². The zero-order valence-corrected chi connectivity index (χ0v) is 13.7. The molecule has 0 saturated carbocycles. The van der Waals surface area contributed by atoms with E-state index in [1.807, 2.05) is 48.7 Å². The van der Waals surface area contributed by atoms with Crippen LogP contribution in [0.25, 0.3) is 23.2 Å². The van der Waals surface area contributed by atoms with Gasteiger partial charge in [-0.2, -0.15) is 9.50 Å². The second kappa shape index (κ2) is 5.60. The van der Waals surface area contributed by atoms with E-state index >= 15 is 0 Å². The molecule has 0 aliphatic rings. The monoisotopic (exact) mass is 341 g/mol. The predicted molar refractivity (Wildman–Crippen MR) is 92.6 cm³/mol. The Balaban J connectivity index is 1.72. The van der Waals surface area contributed by atoms with E-state index in [9.17, 15) is 4.79 Å². The molecule has 0 N–H and O–H groups in total. The van der Waals surface area contributed by atoms with E-state index in [4.69, 9.17) is 4.42 Å². The van der Waals surface area contributed by atoms with Crippen LogP contribution < -0.4 is 10.1 Å². The van der Waals surface area contributed by atoms with Crippen LogP contribution in [0, 0.1) is 6.92 Å². The number of fused-ring (bicyclic) bond motifs is 1. The molecule has 0 bridgehead atoms. The fourth-order valence-corrected chi connectivity index (χ4v) is 3.64. The van der Waals surface area contributed by atoms with Crippen LogP contribution in [0.1, 0.15) is 22.2 Å². The van der Waals surface area contributed by atoms with Gasteiger partial charge in [0, 0.05) is 11.0 Å². The van der Waals surface area contributed by atoms with E-state index in [0.29, 0.717) is 21.1 Å². The standard InChI is InChI=1S/C16H11N3O2S2/c1-10-4-5-11(21-10)9-13-15(20)19-16(23-13)17-14(18-19)7-6-12-3-2-8-22-12/h2-9H,1H3/b7-6+,13-9-. The molecule has 4 heterocycles. The maximum atomic E-state index is 12.4. The lowest BCUT2D eigenvalue weighted by Crippen LogP contribution is -2.23. The van der Waals surface area contributed by atoms with Crippen molar-refractivity contribution in [2.24, 2.45) is 0 Å². The molecule has 0 saturated heterocycles. The van der Waals surface area contributed by atoms with Gasteiger partial charge in [-0.15, -0.1) is 16.4 Å². The third-order valence-electron chi connectivity index (χ3n) is 3.17. The molecule has 7 heteroatoms. The first-order chi connectivity index (χ1) is 11.2. The molecule has 5 nitrogen and oxygen atoms in total. The Morgan fingerprint density at radius 1 is 1.26 bits per heavy atom. The summed E-state index contributed by atoms with van der Waals surface area (Å²) in [6, 6.07) is 7.69. The summed E-state index contributed by atoms with van der Waals surface area (Å²) in [6.07, 6.45) is 5.47. The molecule has 0 amide bonds.